The van der Waals surface area contributed by atoms with Gasteiger partial charge in [-0.3, -0.25) is 9.52 Å². The summed E-state index contributed by atoms with van der Waals surface area (Å²) in [7, 11) is -3.76. The van der Waals surface area contributed by atoms with Crippen molar-refractivity contribution in [3.05, 3.63) is 58.6 Å². The molecule has 0 aliphatic rings. The number of benzene rings is 2. The highest BCUT2D eigenvalue weighted by Crippen LogP contribution is 2.25. The van der Waals surface area contributed by atoms with Crippen LogP contribution >= 0.6 is 11.6 Å². The van der Waals surface area contributed by atoms with Gasteiger partial charge in [0.15, 0.2) is 0 Å². The van der Waals surface area contributed by atoms with Gasteiger partial charge in [-0.05, 0) is 62.2 Å². The summed E-state index contributed by atoms with van der Waals surface area (Å²) in [6.07, 6.45) is 0.821. The average molecular weight is 381 g/mol. The summed E-state index contributed by atoms with van der Waals surface area (Å²) in [5, 5.41) is 3.32. The maximum atomic E-state index is 12.5. The van der Waals surface area contributed by atoms with Crippen molar-refractivity contribution in [2.45, 2.75) is 38.1 Å². The zero-order chi connectivity index (χ0) is 18.6. The fraction of sp³-hybridized carbons (Fsp3) is 0.278. The van der Waals surface area contributed by atoms with Crippen LogP contribution in [0.5, 0.6) is 0 Å². The Hall–Kier alpha value is -2.05. The van der Waals surface area contributed by atoms with Crippen molar-refractivity contribution in [1.29, 1.82) is 0 Å². The molecule has 0 saturated carbocycles. The number of anilines is 1. The Balaban J connectivity index is 2.20. The van der Waals surface area contributed by atoms with Crippen molar-refractivity contribution in [2.24, 2.45) is 0 Å². The summed E-state index contributed by atoms with van der Waals surface area (Å²) in [4.78, 5) is 12.1. The van der Waals surface area contributed by atoms with Crippen molar-refractivity contribution in [3.63, 3.8) is 0 Å². The molecule has 0 saturated heterocycles. The highest BCUT2D eigenvalue weighted by molar-refractivity contribution is 7.92. The Labute approximate surface area is 153 Å². The van der Waals surface area contributed by atoms with E-state index < -0.39 is 10.0 Å². The van der Waals surface area contributed by atoms with E-state index in [0.717, 1.165) is 6.42 Å². The van der Waals surface area contributed by atoms with Gasteiger partial charge in [-0.1, -0.05) is 24.6 Å². The van der Waals surface area contributed by atoms with Crippen LogP contribution in [-0.4, -0.2) is 20.4 Å². The Morgan fingerprint density at radius 1 is 1.16 bits per heavy atom. The molecule has 0 bridgehead atoms. The third kappa shape index (κ3) is 4.74. The lowest BCUT2D eigenvalue weighted by atomic mass is 10.2. The minimum atomic E-state index is -3.76. The molecule has 25 heavy (non-hydrogen) atoms. The molecule has 0 aromatic heterocycles. The molecule has 0 aliphatic carbocycles. The van der Waals surface area contributed by atoms with Crippen molar-refractivity contribution >= 4 is 33.2 Å². The molecule has 0 spiro atoms. The molecule has 2 rings (SSSR count). The lowest BCUT2D eigenvalue weighted by Crippen LogP contribution is -2.31. The number of sulfonamides is 1. The molecule has 2 aromatic carbocycles. The summed E-state index contributed by atoms with van der Waals surface area (Å²) in [5.41, 5.74) is 1.49. The molecule has 2 aromatic rings. The quantitative estimate of drug-likeness (QED) is 0.795. The second kappa shape index (κ2) is 7.89. The predicted molar refractivity (Wildman–Crippen MR) is 101 cm³/mol. The van der Waals surface area contributed by atoms with Crippen LogP contribution < -0.4 is 10.0 Å². The molecule has 1 amide bonds. The molecule has 2 N–H and O–H groups in total. The van der Waals surface area contributed by atoms with Crippen molar-refractivity contribution < 1.29 is 13.2 Å². The van der Waals surface area contributed by atoms with E-state index in [4.69, 9.17) is 11.6 Å². The number of amides is 1. The number of halogens is 1. The van der Waals surface area contributed by atoms with Gasteiger partial charge in [-0.25, -0.2) is 8.42 Å². The summed E-state index contributed by atoms with van der Waals surface area (Å²) >= 11 is 6.02. The molecule has 7 heteroatoms. The maximum Gasteiger partial charge on any atom is 0.261 e. The van der Waals surface area contributed by atoms with Crippen molar-refractivity contribution in [3.8, 4) is 0 Å². The lowest BCUT2D eigenvalue weighted by molar-refractivity contribution is 0.0939. The van der Waals surface area contributed by atoms with E-state index in [9.17, 15) is 13.2 Å². The summed E-state index contributed by atoms with van der Waals surface area (Å²) < 4.78 is 27.6. The van der Waals surface area contributed by atoms with Gasteiger partial charge in [-0.2, -0.15) is 0 Å². The molecule has 134 valence electrons. The molecule has 0 radical (unpaired) electrons. The highest BCUT2D eigenvalue weighted by atomic mass is 35.5. The second-order valence-corrected chi connectivity index (χ2v) is 7.91. The van der Waals surface area contributed by atoms with Crippen LogP contribution in [0.3, 0.4) is 0 Å². The normalized spacial score (nSPS) is 12.5. The van der Waals surface area contributed by atoms with Crippen LogP contribution in [0.4, 0.5) is 5.69 Å². The Bertz CT molecular complexity index is 864. The van der Waals surface area contributed by atoms with Gasteiger partial charge < -0.3 is 5.32 Å². The molecule has 1 atom stereocenters. The predicted octanol–water partition coefficient (Wildman–Crippen LogP) is 3.98. The number of carbonyl (C=O) groups is 1. The minimum Gasteiger partial charge on any atom is -0.350 e. The van der Waals surface area contributed by atoms with E-state index in [1.807, 2.05) is 13.8 Å². The summed E-state index contributed by atoms with van der Waals surface area (Å²) in [6.45, 7) is 5.63. The van der Waals surface area contributed by atoms with Crippen LogP contribution in [0.25, 0.3) is 0 Å². The number of rotatable bonds is 6. The smallest absolute Gasteiger partial charge is 0.261 e. The van der Waals surface area contributed by atoms with Gasteiger partial charge in [0.2, 0.25) is 0 Å². The zero-order valence-corrected chi connectivity index (χ0v) is 15.9. The monoisotopic (exact) mass is 380 g/mol. The van der Waals surface area contributed by atoms with E-state index in [0.29, 0.717) is 21.8 Å². The van der Waals surface area contributed by atoms with Gasteiger partial charge in [0, 0.05) is 16.6 Å². The molecule has 5 nitrogen and oxygen atoms in total. The van der Waals surface area contributed by atoms with Gasteiger partial charge in [0.1, 0.15) is 0 Å². The topological polar surface area (TPSA) is 75.3 Å². The third-order valence-corrected chi connectivity index (χ3v) is 5.72. The van der Waals surface area contributed by atoms with E-state index in [1.165, 1.54) is 24.3 Å². The SMILES string of the molecule is CCC(C)NC(=O)c1ccc(S(=O)(=O)Nc2cccc(Cl)c2C)cc1. The maximum absolute atomic E-state index is 12.5. The van der Waals surface area contributed by atoms with Gasteiger partial charge >= 0.3 is 0 Å². The van der Waals surface area contributed by atoms with Crippen LogP contribution in [-0.2, 0) is 10.0 Å². The minimum absolute atomic E-state index is 0.0587. The van der Waals surface area contributed by atoms with Crippen LogP contribution in [0.2, 0.25) is 5.02 Å². The van der Waals surface area contributed by atoms with E-state index in [2.05, 4.69) is 10.0 Å². The first-order valence-electron chi connectivity index (χ1n) is 7.93. The van der Waals surface area contributed by atoms with Crippen molar-refractivity contribution in [1.82, 2.24) is 5.32 Å². The number of hydrogen-bond acceptors (Lipinski definition) is 3. The standard InChI is InChI=1S/C18H21ClN2O3S/c1-4-12(2)20-18(22)14-8-10-15(11-9-14)25(23,24)21-17-7-5-6-16(19)13(17)3/h5-12,21H,4H2,1-3H3,(H,20,22). The molecular weight excluding hydrogens is 360 g/mol. The first-order chi connectivity index (χ1) is 11.7. The van der Waals surface area contributed by atoms with Gasteiger partial charge in [-0.15, -0.1) is 0 Å². The fourth-order valence-electron chi connectivity index (χ4n) is 2.12. The number of hydrogen-bond donors (Lipinski definition) is 2. The third-order valence-electron chi connectivity index (χ3n) is 3.93. The van der Waals surface area contributed by atoms with E-state index >= 15 is 0 Å². The van der Waals surface area contributed by atoms with E-state index in [-0.39, 0.29) is 16.8 Å². The Morgan fingerprint density at radius 3 is 2.40 bits per heavy atom. The molecule has 0 fully saturated rings. The van der Waals surface area contributed by atoms with E-state index in [1.54, 1.807) is 25.1 Å². The van der Waals surface area contributed by atoms with Crippen molar-refractivity contribution in [2.75, 3.05) is 4.72 Å². The number of nitrogens with one attached hydrogen (secondary N) is 2. The van der Waals surface area contributed by atoms with Crippen LogP contribution in [0.15, 0.2) is 47.4 Å². The van der Waals surface area contributed by atoms with Crippen LogP contribution in [0, 0.1) is 6.92 Å². The first-order valence-corrected chi connectivity index (χ1v) is 9.79. The largest absolute Gasteiger partial charge is 0.350 e. The molecule has 0 aliphatic heterocycles. The number of carbonyl (C=O) groups excluding carboxylic acids is 1. The van der Waals surface area contributed by atoms with Crippen LogP contribution in [0.1, 0.15) is 36.2 Å². The Morgan fingerprint density at radius 2 is 1.80 bits per heavy atom. The van der Waals surface area contributed by atoms with Gasteiger partial charge in [0.05, 0.1) is 10.6 Å². The molecule has 1 unspecified atom stereocenters. The average Bonchev–Trinajstić information content (AvgIpc) is 2.58. The second-order valence-electron chi connectivity index (χ2n) is 5.83. The summed E-state index contributed by atoms with van der Waals surface area (Å²) in [6, 6.07) is 10.9. The highest BCUT2D eigenvalue weighted by Gasteiger charge is 2.17. The fourth-order valence-corrected chi connectivity index (χ4v) is 3.41. The Kier molecular flexibility index (Phi) is 6.08. The lowest BCUT2D eigenvalue weighted by Gasteiger charge is -2.13. The zero-order valence-electron chi connectivity index (χ0n) is 14.3. The molecule has 0 heterocycles. The van der Waals surface area contributed by atoms with Gasteiger partial charge in [0.25, 0.3) is 15.9 Å². The summed E-state index contributed by atoms with van der Waals surface area (Å²) in [5.74, 6) is -0.225. The first kappa shape index (κ1) is 19.3. The molecular formula is C18H21ClN2O3S.